The molecule has 5 nitrogen and oxygen atoms in total. The number of hydrogen-bond donors (Lipinski definition) is 2. The average Bonchev–Trinajstić information content (AvgIpc) is 2.57. The highest BCUT2D eigenvalue weighted by atomic mass is 35.5. The minimum absolute atomic E-state index is 0.128. The van der Waals surface area contributed by atoms with Crippen molar-refractivity contribution in [3.8, 4) is 5.75 Å². The molecule has 0 radical (unpaired) electrons. The highest BCUT2D eigenvalue weighted by Crippen LogP contribution is 2.27. The zero-order valence-corrected chi connectivity index (χ0v) is 16.6. The third-order valence-electron chi connectivity index (χ3n) is 3.36. The number of thioether (sulfide) groups is 1. The Kier molecular flexibility index (Phi) is 7.63. The lowest BCUT2D eigenvalue weighted by molar-refractivity contribution is -0.114. The number of halogens is 2. The summed E-state index contributed by atoms with van der Waals surface area (Å²) >= 11 is 13.0. The first kappa shape index (κ1) is 20.4. The number of carbonyl (C=O) groups excluding carboxylic acids is 2. The lowest BCUT2D eigenvalue weighted by Crippen LogP contribution is -2.19. The molecule has 0 atom stereocenters. The Bertz CT molecular complexity index is 815. The van der Waals surface area contributed by atoms with Crippen molar-refractivity contribution in [3.05, 3.63) is 52.0 Å². The van der Waals surface area contributed by atoms with Crippen molar-refractivity contribution in [1.29, 1.82) is 0 Å². The van der Waals surface area contributed by atoms with E-state index < -0.39 is 0 Å². The van der Waals surface area contributed by atoms with Gasteiger partial charge in [0.05, 0.1) is 24.3 Å². The van der Waals surface area contributed by atoms with Crippen LogP contribution in [-0.4, -0.2) is 30.4 Å². The van der Waals surface area contributed by atoms with Gasteiger partial charge in [-0.2, -0.15) is 0 Å². The number of methoxy groups -OCH3 is 1. The normalized spacial score (nSPS) is 10.3. The van der Waals surface area contributed by atoms with Gasteiger partial charge in [-0.25, -0.2) is 0 Å². The van der Waals surface area contributed by atoms with Crippen molar-refractivity contribution in [3.63, 3.8) is 0 Å². The second-order valence-corrected chi connectivity index (χ2v) is 7.25. The Morgan fingerprint density at radius 3 is 2.15 bits per heavy atom. The molecule has 0 saturated carbocycles. The van der Waals surface area contributed by atoms with Crippen LogP contribution in [0.5, 0.6) is 5.75 Å². The van der Waals surface area contributed by atoms with E-state index in [2.05, 4.69) is 10.6 Å². The van der Waals surface area contributed by atoms with Crippen LogP contribution < -0.4 is 15.4 Å². The number of nitrogens with one attached hydrogen (secondary N) is 2. The number of benzene rings is 2. The number of amides is 2. The fraction of sp³-hybridized carbons (Fsp3) is 0.222. The molecule has 0 saturated heterocycles. The average molecular weight is 413 g/mol. The van der Waals surface area contributed by atoms with Crippen molar-refractivity contribution < 1.29 is 14.3 Å². The zero-order chi connectivity index (χ0) is 19.1. The van der Waals surface area contributed by atoms with E-state index in [4.69, 9.17) is 27.9 Å². The molecule has 2 aromatic carbocycles. The SMILES string of the molecule is COc1ccc(Cl)cc1NC(=O)CSCC(=O)Nc1ccc(Cl)cc1C. The van der Waals surface area contributed by atoms with E-state index in [1.165, 1.54) is 18.9 Å². The van der Waals surface area contributed by atoms with Crippen LogP contribution in [-0.2, 0) is 9.59 Å². The molecule has 2 amide bonds. The second kappa shape index (κ2) is 9.71. The molecule has 0 unspecified atom stereocenters. The number of carbonyl (C=O) groups is 2. The third kappa shape index (κ3) is 6.12. The maximum Gasteiger partial charge on any atom is 0.234 e. The molecule has 26 heavy (non-hydrogen) atoms. The Labute approximate surface area is 166 Å². The van der Waals surface area contributed by atoms with Gasteiger partial charge in [0.15, 0.2) is 0 Å². The molecule has 2 aromatic rings. The first-order valence-corrected chi connectivity index (χ1v) is 9.57. The molecule has 0 aliphatic carbocycles. The summed E-state index contributed by atoms with van der Waals surface area (Å²) in [5, 5.41) is 6.63. The summed E-state index contributed by atoms with van der Waals surface area (Å²) < 4.78 is 5.18. The standard InChI is InChI=1S/C18H18Cl2N2O3S/c1-11-7-12(19)3-5-14(11)21-17(23)9-26-10-18(24)22-15-8-13(20)4-6-16(15)25-2/h3-8H,9-10H2,1-2H3,(H,21,23)(H,22,24). The molecule has 138 valence electrons. The van der Waals surface area contributed by atoms with Gasteiger partial charge in [-0.3, -0.25) is 9.59 Å². The smallest absolute Gasteiger partial charge is 0.234 e. The molecule has 2 N–H and O–H groups in total. The van der Waals surface area contributed by atoms with Crippen LogP contribution in [0.2, 0.25) is 10.0 Å². The zero-order valence-electron chi connectivity index (χ0n) is 14.3. The second-order valence-electron chi connectivity index (χ2n) is 5.39. The van der Waals surface area contributed by atoms with Crippen molar-refractivity contribution in [2.45, 2.75) is 6.92 Å². The molecule has 0 heterocycles. The van der Waals surface area contributed by atoms with Crippen LogP contribution >= 0.6 is 35.0 Å². The van der Waals surface area contributed by atoms with Crippen molar-refractivity contribution >= 4 is 58.2 Å². The topological polar surface area (TPSA) is 67.4 Å². The van der Waals surface area contributed by atoms with Crippen LogP contribution in [0.1, 0.15) is 5.56 Å². The summed E-state index contributed by atoms with van der Waals surface area (Å²) in [6.07, 6.45) is 0. The van der Waals surface area contributed by atoms with Crippen molar-refractivity contribution in [2.75, 3.05) is 29.2 Å². The quantitative estimate of drug-likeness (QED) is 0.695. The van der Waals surface area contributed by atoms with E-state index in [0.29, 0.717) is 27.2 Å². The number of anilines is 2. The van der Waals surface area contributed by atoms with Crippen LogP contribution in [0.4, 0.5) is 11.4 Å². The fourth-order valence-corrected chi connectivity index (χ4v) is 3.17. The first-order valence-electron chi connectivity index (χ1n) is 7.66. The summed E-state index contributed by atoms with van der Waals surface area (Å²) in [5.41, 5.74) is 2.07. The lowest BCUT2D eigenvalue weighted by Gasteiger charge is -2.11. The maximum atomic E-state index is 12.0. The van der Waals surface area contributed by atoms with Gasteiger partial charge >= 0.3 is 0 Å². The summed E-state index contributed by atoms with van der Waals surface area (Å²) in [4.78, 5) is 24.0. The van der Waals surface area contributed by atoms with Crippen LogP contribution in [0.15, 0.2) is 36.4 Å². The van der Waals surface area contributed by atoms with Gasteiger partial charge in [0.2, 0.25) is 11.8 Å². The summed E-state index contributed by atoms with van der Waals surface area (Å²) in [6, 6.07) is 10.2. The van der Waals surface area contributed by atoms with E-state index in [0.717, 1.165) is 5.56 Å². The predicted molar refractivity (Wildman–Crippen MR) is 109 cm³/mol. The number of ether oxygens (including phenoxy) is 1. The van der Waals surface area contributed by atoms with Gasteiger partial charge in [-0.05, 0) is 48.9 Å². The minimum atomic E-state index is -0.244. The highest BCUT2D eigenvalue weighted by molar-refractivity contribution is 8.00. The molecular weight excluding hydrogens is 395 g/mol. The number of hydrogen-bond acceptors (Lipinski definition) is 4. The largest absolute Gasteiger partial charge is 0.495 e. The summed E-state index contributed by atoms with van der Waals surface area (Å²) in [6.45, 7) is 1.86. The van der Waals surface area contributed by atoms with Gasteiger partial charge in [0, 0.05) is 15.7 Å². The molecule has 0 bridgehead atoms. The van der Waals surface area contributed by atoms with Crippen LogP contribution in [0.25, 0.3) is 0 Å². The molecule has 0 aliphatic rings. The van der Waals surface area contributed by atoms with Crippen LogP contribution in [0.3, 0.4) is 0 Å². The monoisotopic (exact) mass is 412 g/mol. The summed E-state index contributed by atoms with van der Waals surface area (Å²) in [7, 11) is 1.51. The number of aryl methyl sites for hydroxylation is 1. The molecule has 2 rings (SSSR count). The van der Waals surface area contributed by atoms with E-state index in [9.17, 15) is 9.59 Å². The summed E-state index contributed by atoms with van der Waals surface area (Å²) in [5.74, 6) is 0.369. The van der Waals surface area contributed by atoms with Gasteiger partial charge in [-0.15, -0.1) is 11.8 Å². The van der Waals surface area contributed by atoms with E-state index in [1.54, 1.807) is 36.4 Å². The Balaban J connectivity index is 1.81. The lowest BCUT2D eigenvalue weighted by atomic mass is 10.2. The van der Waals surface area contributed by atoms with Gasteiger partial charge in [0.1, 0.15) is 5.75 Å². The van der Waals surface area contributed by atoms with Gasteiger partial charge in [0.25, 0.3) is 0 Å². The predicted octanol–water partition coefficient (Wildman–Crippen LogP) is 4.62. The van der Waals surface area contributed by atoms with E-state index in [1.807, 2.05) is 6.92 Å². The fourth-order valence-electron chi connectivity index (χ4n) is 2.15. The molecular formula is C18H18Cl2N2O3S. The molecule has 0 aromatic heterocycles. The van der Waals surface area contributed by atoms with Crippen LogP contribution in [0, 0.1) is 6.92 Å². The third-order valence-corrected chi connectivity index (χ3v) is 4.77. The van der Waals surface area contributed by atoms with Gasteiger partial charge < -0.3 is 15.4 Å². The molecule has 8 heteroatoms. The maximum absolute atomic E-state index is 12.0. The first-order chi connectivity index (χ1) is 12.4. The van der Waals surface area contributed by atoms with Crippen molar-refractivity contribution in [1.82, 2.24) is 0 Å². The molecule has 0 spiro atoms. The van der Waals surface area contributed by atoms with Crippen molar-refractivity contribution in [2.24, 2.45) is 0 Å². The Morgan fingerprint density at radius 1 is 0.962 bits per heavy atom. The highest BCUT2D eigenvalue weighted by Gasteiger charge is 2.10. The molecule has 0 fully saturated rings. The number of rotatable bonds is 7. The Hall–Kier alpha value is -1.89. The van der Waals surface area contributed by atoms with E-state index in [-0.39, 0.29) is 23.3 Å². The minimum Gasteiger partial charge on any atom is -0.495 e. The Morgan fingerprint density at radius 2 is 1.54 bits per heavy atom. The van der Waals surface area contributed by atoms with Gasteiger partial charge in [-0.1, -0.05) is 23.2 Å². The van der Waals surface area contributed by atoms with E-state index >= 15 is 0 Å². The molecule has 0 aliphatic heterocycles.